The minimum atomic E-state index is -0.181. The van der Waals surface area contributed by atoms with Crippen molar-refractivity contribution < 1.29 is 19.1 Å². The Morgan fingerprint density at radius 3 is 2.39 bits per heavy atom. The Hall–Kier alpha value is -3.80. The highest BCUT2D eigenvalue weighted by atomic mass is 16.5. The molecule has 6 heteroatoms. The smallest absolute Gasteiger partial charge is 0.253 e. The number of nitrogens with one attached hydrogen (secondary N) is 1. The van der Waals surface area contributed by atoms with Gasteiger partial charge in [-0.1, -0.05) is 42.5 Å². The summed E-state index contributed by atoms with van der Waals surface area (Å²) in [6.45, 7) is 2.28. The fraction of sp³-hybridized carbons (Fsp3) is 0.200. The average molecular weight is 418 g/mol. The largest absolute Gasteiger partial charge is 0.493 e. The van der Waals surface area contributed by atoms with E-state index in [4.69, 9.17) is 9.47 Å². The van der Waals surface area contributed by atoms with Gasteiger partial charge >= 0.3 is 0 Å². The van der Waals surface area contributed by atoms with E-state index in [0.29, 0.717) is 35.9 Å². The topological polar surface area (TPSA) is 67.9 Å². The number of nitrogens with zero attached hydrogens (tertiary/aromatic N) is 1. The van der Waals surface area contributed by atoms with E-state index in [9.17, 15) is 9.59 Å². The maximum atomic E-state index is 12.8. The number of benzene rings is 3. The van der Waals surface area contributed by atoms with Crippen molar-refractivity contribution in [1.29, 1.82) is 0 Å². The fourth-order valence-corrected chi connectivity index (χ4v) is 3.16. The van der Waals surface area contributed by atoms with E-state index in [0.717, 1.165) is 11.1 Å². The molecule has 0 aliphatic heterocycles. The molecule has 0 atom stereocenters. The first-order valence-electron chi connectivity index (χ1n) is 9.93. The Kier molecular flexibility index (Phi) is 7.27. The standard InChI is InChI=1S/C25H26N2O4/c1-18(28)26-22-11-7-10-21(15-22)25(29)27(2)16-20-12-13-23(24(14-20)30-3)31-17-19-8-5-4-6-9-19/h4-15H,16-17H2,1-3H3,(H,26,28). The third-order valence-electron chi connectivity index (χ3n) is 4.66. The molecule has 0 saturated heterocycles. The van der Waals surface area contributed by atoms with Gasteiger partial charge in [0.15, 0.2) is 11.5 Å². The molecule has 0 spiro atoms. The predicted octanol–water partition coefficient (Wildman–Crippen LogP) is 4.50. The summed E-state index contributed by atoms with van der Waals surface area (Å²) < 4.78 is 11.4. The van der Waals surface area contributed by atoms with Gasteiger partial charge in [-0.15, -0.1) is 0 Å². The number of rotatable bonds is 8. The number of amides is 2. The zero-order valence-corrected chi connectivity index (χ0v) is 17.9. The summed E-state index contributed by atoms with van der Waals surface area (Å²) >= 11 is 0. The second-order valence-electron chi connectivity index (χ2n) is 7.18. The first kappa shape index (κ1) is 21.9. The molecule has 6 nitrogen and oxygen atoms in total. The van der Waals surface area contributed by atoms with Crippen LogP contribution in [0.2, 0.25) is 0 Å². The van der Waals surface area contributed by atoms with Crippen molar-refractivity contribution >= 4 is 17.5 Å². The van der Waals surface area contributed by atoms with Crippen LogP contribution >= 0.6 is 0 Å². The van der Waals surface area contributed by atoms with Gasteiger partial charge in [0.05, 0.1) is 7.11 Å². The highest BCUT2D eigenvalue weighted by Crippen LogP contribution is 2.29. The number of hydrogen-bond donors (Lipinski definition) is 1. The molecule has 0 saturated carbocycles. The molecule has 31 heavy (non-hydrogen) atoms. The van der Waals surface area contributed by atoms with Crippen LogP contribution in [-0.4, -0.2) is 30.9 Å². The van der Waals surface area contributed by atoms with Crippen LogP contribution in [0.1, 0.15) is 28.4 Å². The van der Waals surface area contributed by atoms with E-state index in [1.807, 2.05) is 48.5 Å². The molecular weight excluding hydrogens is 392 g/mol. The second-order valence-corrected chi connectivity index (χ2v) is 7.18. The van der Waals surface area contributed by atoms with E-state index in [1.54, 1.807) is 43.3 Å². The van der Waals surface area contributed by atoms with E-state index < -0.39 is 0 Å². The zero-order valence-electron chi connectivity index (χ0n) is 17.9. The van der Waals surface area contributed by atoms with Crippen molar-refractivity contribution in [3.8, 4) is 11.5 Å². The number of carbonyl (C=O) groups is 2. The summed E-state index contributed by atoms with van der Waals surface area (Å²) in [7, 11) is 3.33. The Morgan fingerprint density at radius 2 is 1.68 bits per heavy atom. The monoisotopic (exact) mass is 418 g/mol. The van der Waals surface area contributed by atoms with Crippen molar-refractivity contribution in [2.24, 2.45) is 0 Å². The van der Waals surface area contributed by atoms with Gasteiger partial charge in [0.1, 0.15) is 6.61 Å². The van der Waals surface area contributed by atoms with Crippen LogP contribution in [-0.2, 0) is 17.9 Å². The second kappa shape index (κ2) is 10.3. The molecule has 0 aliphatic rings. The van der Waals surface area contributed by atoms with Crippen molar-refractivity contribution in [2.75, 3.05) is 19.5 Å². The van der Waals surface area contributed by atoms with Crippen molar-refractivity contribution in [3.63, 3.8) is 0 Å². The van der Waals surface area contributed by atoms with Gasteiger partial charge in [0.25, 0.3) is 5.91 Å². The van der Waals surface area contributed by atoms with E-state index in [2.05, 4.69) is 5.32 Å². The summed E-state index contributed by atoms with van der Waals surface area (Å²) in [5, 5.41) is 2.69. The minimum Gasteiger partial charge on any atom is -0.493 e. The summed E-state index contributed by atoms with van der Waals surface area (Å²) in [4.78, 5) is 25.7. The number of ether oxygens (including phenoxy) is 2. The van der Waals surface area contributed by atoms with Gasteiger partial charge in [-0.05, 0) is 41.5 Å². The molecule has 2 amide bonds. The number of anilines is 1. The highest BCUT2D eigenvalue weighted by Gasteiger charge is 2.14. The molecule has 0 radical (unpaired) electrons. The van der Waals surface area contributed by atoms with Crippen molar-refractivity contribution in [2.45, 2.75) is 20.1 Å². The lowest BCUT2D eigenvalue weighted by Gasteiger charge is -2.19. The molecular formula is C25H26N2O4. The normalized spacial score (nSPS) is 10.3. The van der Waals surface area contributed by atoms with Crippen LogP contribution in [0.4, 0.5) is 5.69 Å². The quantitative estimate of drug-likeness (QED) is 0.585. The van der Waals surface area contributed by atoms with Gasteiger partial charge in [-0.2, -0.15) is 0 Å². The third kappa shape index (κ3) is 6.09. The molecule has 3 aromatic carbocycles. The number of methoxy groups -OCH3 is 1. The lowest BCUT2D eigenvalue weighted by molar-refractivity contribution is -0.114. The van der Waals surface area contributed by atoms with Crippen LogP contribution in [0.3, 0.4) is 0 Å². The van der Waals surface area contributed by atoms with Gasteiger partial charge < -0.3 is 19.7 Å². The Morgan fingerprint density at radius 1 is 0.903 bits per heavy atom. The van der Waals surface area contributed by atoms with Crippen LogP contribution in [0.15, 0.2) is 72.8 Å². The summed E-state index contributed by atoms with van der Waals surface area (Å²) in [5.41, 5.74) is 3.08. The summed E-state index contributed by atoms with van der Waals surface area (Å²) in [6, 6.07) is 22.4. The van der Waals surface area contributed by atoms with Crippen LogP contribution in [0, 0.1) is 0 Å². The molecule has 0 aromatic heterocycles. The molecule has 160 valence electrons. The summed E-state index contributed by atoms with van der Waals surface area (Å²) in [6.07, 6.45) is 0. The average Bonchev–Trinajstić information content (AvgIpc) is 2.78. The molecule has 0 heterocycles. The maximum Gasteiger partial charge on any atom is 0.253 e. The molecule has 0 bridgehead atoms. The highest BCUT2D eigenvalue weighted by molar-refractivity contribution is 5.96. The molecule has 3 rings (SSSR count). The van der Waals surface area contributed by atoms with Crippen molar-refractivity contribution in [3.05, 3.63) is 89.5 Å². The van der Waals surface area contributed by atoms with E-state index >= 15 is 0 Å². The van der Waals surface area contributed by atoms with Gasteiger partial charge in [-0.3, -0.25) is 9.59 Å². The number of hydrogen-bond acceptors (Lipinski definition) is 4. The Bertz CT molecular complexity index is 1050. The van der Waals surface area contributed by atoms with Gasteiger partial charge in [-0.25, -0.2) is 0 Å². The molecule has 0 unspecified atom stereocenters. The first-order chi connectivity index (χ1) is 15.0. The van der Waals surface area contributed by atoms with Crippen molar-refractivity contribution in [1.82, 2.24) is 4.90 Å². The first-order valence-corrected chi connectivity index (χ1v) is 9.93. The summed E-state index contributed by atoms with van der Waals surface area (Å²) in [5.74, 6) is 0.934. The minimum absolute atomic E-state index is 0.143. The molecule has 3 aromatic rings. The lowest BCUT2D eigenvalue weighted by atomic mass is 10.1. The Labute approximate surface area is 182 Å². The van der Waals surface area contributed by atoms with Crippen LogP contribution < -0.4 is 14.8 Å². The third-order valence-corrected chi connectivity index (χ3v) is 4.66. The Balaban J connectivity index is 1.67. The number of carbonyl (C=O) groups excluding carboxylic acids is 2. The van der Waals surface area contributed by atoms with Gasteiger partial charge in [0, 0.05) is 31.8 Å². The SMILES string of the molecule is COc1cc(CN(C)C(=O)c2cccc(NC(C)=O)c2)ccc1OCc1ccccc1. The fourth-order valence-electron chi connectivity index (χ4n) is 3.16. The van der Waals surface area contributed by atoms with Gasteiger partial charge in [0.2, 0.25) is 5.91 Å². The maximum absolute atomic E-state index is 12.8. The predicted molar refractivity (Wildman–Crippen MR) is 120 cm³/mol. The van der Waals surface area contributed by atoms with Crippen LogP contribution in [0.5, 0.6) is 11.5 Å². The van der Waals surface area contributed by atoms with E-state index in [-0.39, 0.29) is 11.8 Å². The van der Waals surface area contributed by atoms with Crippen LogP contribution in [0.25, 0.3) is 0 Å². The molecule has 0 aliphatic carbocycles. The van der Waals surface area contributed by atoms with E-state index in [1.165, 1.54) is 6.92 Å². The molecule has 0 fully saturated rings. The molecule has 1 N–H and O–H groups in total. The lowest BCUT2D eigenvalue weighted by Crippen LogP contribution is -2.26. The zero-order chi connectivity index (χ0) is 22.2.